The highest BCUT2D eigenvalue weighted by Crippen LogP contribution is 2.24. The van der Waals surface area contributed by atoms with Gasteiger partial charge in [-0.15, -0.1) is 0 Å². The number of rotatable bonds is 3. The lowest BCUT2D eigenvalue weighted by Gasteiger charge is -2.07. The maximum absolute atomic E-state index is 6.29. The van der Waals surface area contributed by atoms with Gasteiger partial charge in [0.05, 0.1) is 0 Å². The van der Waals surface area contributed by atoms with Crippen LogP contribution in [-0.4, -0.2) is 0 Å². The molecule has 0 fully saturated rings. The Kier molecular flexibility index (Phi) is 3.61. The van der Waals surface area contributed by atoms with Gasteiger partial charge in [-0.05, 0) is 72.9 Å². The summed E-state index contributed by atoms with van der Waals surface area (Å²) in [6, 6.07) is 13.3. The molecule has 2 aromatic carbocycles. The van der Waals surface area contributed by atoms with Gasteiger partial charge in [0.1, 0.15) is 0 Å². The maximum Gasteiger partial charge on any atom is 0.0440 e. The van der Waals surface area contributed by atoms with E-state index in [1.165, 1.54) is 36.0 Å². The Labute approximate surface area is 120 Å². The lowest BCUT2D eigenvalue weighted by atomic mass is 10.00. The van der Waals surface area contributed by atoms with Gasteiger partial charge in [0, 0.05) is 5.02 Å². The summed E-state index contributed by atoms with van der Waals surface area (Å²) >= 11 is 6.29. The summed E-state index contributed by atoms with van der Waals surface area (Å²) in [5.74, 6) is 0. The Morgan fingerprint density at radius 1 is 0.947 bits per heavy atom. The summed E-state index contributed by atoms with van der Waals surface area (Å²) < 4.78 is 0. The number of halogens is 1. The molecule has 0 aliphatic heterocycles. The van der Waals surface area contributed by atoms with E-state index in [9.17, 15) is 0 Å². The van der Waals surface area contributed by atoms with Gasteiger partial charge in [0.25, 0.3) is 0 Å². The van der Waals surface area contributed by atoms with Gasteiger partial charge in [-0.3, -0.25) is 0 Å². The van der Waals surface area contributed by atoms with Crippen molar-refractivity contribution in [2.45, 2.75) is 39.0 Å². The molecule has 0 aromatic heterocycles. The van der Waals surface area contributed by atoms with Gasteiger partial charge in [-0.25, -0.2) is 0 Å². The molecule has 0 spiro atoms. The van der Waals surface area contributed by atoms with Crippen molar-refractivity contribution in [2.75, 3.05) is 0 Å². The van der Waals surface area contributed by atoms with Gasteiger partial charge in [-0.2, -0.15) is 0 Å². The van der Waals surface area contributed by atoms with Crippen LogP contribution < -0.4 is 0 Å². The fraction of sp³-hybridized carbons (Fsp3) is 0.333. The zero-order valence-electron chi connectivity index (χ0n) is 11.4. The van der Waals surface area contributed by atoms with Crippen molar-refractivity contribution < 1.29 is 0 Å². The van der Waals surface area contributed by atoms with Crippen LogP contribution in [0.15, 0.2) is 36.4 Å². The molecule has 1 aliphatic carbocycles. The van der Waals surface area contributed by atoms with Crippen LogP contribution in [0.4, 0.5) is 0 Å². The minimum atomic E-state index is 0.904. The summed E-state index contributed by atoms with van der Waals surface area (Å²) in [6.07, 6.45) is 5.95. The molecule has 0 bridgehead atoms. The first-order chi connectivity index (χ1) is 9.22. The van der Waals surface area contributed by atoms with E-state index in [0.717, 1.165) is 17.9 Å². The van der Waals surface area contributed by atoms with Gasteiger partial charge < -0.3 is 0 Å². The molecule has 0 saturated heterocycles. The summed E-state index contributed by atoms with van der Waals surface area (Å²) in [7, 11) is 0. The minimum Gasteiger partial charge on any atom is -0.0840 e. The molecular weight excluding hydrogens is 252 g/mol. The molecule has 0 heterocycles. The Balaban J connectivity index is 1.72. The monoisotopic (exact) mass is 270 g/mol. The summed E-state index contributed by atoms with van der Waals surface area (Å²) in [4.78, 5) is 0. The van der Waals surface area contributed by atoms with E-state index >= 15 is 0 Å². The molecule has 0 N–H and O–H groups in total. The fourth-order valence-corrected chi connectivity index (χ4v) is 3.24. The van der Waals surface area contributed by atoms with Crippen LogP contribution in [0.5, 0.6) is 0 Å². The number of hydrogen-bond donors (Lipinski definition) is 0. The van der Waals surface area contributed by atoms with E-state index in [1.54, 1.807) is 11.1 Å². The van der Waals surface area contributed by atoms with Crippen molar-refractivity contribution in [1.29, 1.82) is 0 Å². The fourth-order valence-electron chi connectivity index (χ4n) is 2.91. The van der Waals surface area contributed by atoms with Crippen LogP contribution >= 0.6 is 11.6 Å². The first-order valence-corrected chi connectivity index (χ1v) is 7.46. The van der Waals surface area contributed by atoms with Crippen molar-refractivity contribution >= 4 is 11.6 Å². The number of aryl methyl sites for hydroxylation is 5. The van der Waals surface area contributed by atoms with Crippen LogP contribution in [0, 0.1) is 6.92 Å². The molecule has 0 atom stereocenters. The zero-order valence-corrected chi connectivity index (χ0v) is 12.1. The lowest BCUT2D eigenvalue weighted by Crippen LogP contribution is -1.94. The van der Waals surface area contributed by atoms with E-state index in [4.69, 9.17) is 11.6 Å². The summed E-state index contributed by atoms with van der Waals surface area (Å²) in [6.45, 7) is 2.08. The first kappa shape index (κ1) is 12.7. The second-order valence-electron chi connectivity index (χ2n) is 5.55. The molecular formula is C18H19Cl. The van der Waals surface area contributed by atoms with Gasteiger partial charge in [0.15, 0.2) is 0 Å². The molecule has 0 amide bonds. The average molecular weight is 271 g/mol. The maximum atomic E-state index is 6.29. The van der Waals surface area contributed by atoms with Crippen LogP contribution in [-0.2, 0) is 25.7 Å². The molecule has 1 aliphatic rings. The largest absolute Gasteiger partial charge is 0.0840 e. The predicted molar refractivity (Wildman–Crippen MR) is 82.1 cm³/mol. The van der Waals surface area contributed by atoms with Crippen molar-refractivity contribution in [2.24, 2.45) is 0 Å². The second-order valence-corrected chi connectivity index (χ2v) is 5.96. The van der Waals surface area contributed by atoms with E-state index in [1.807, 2.05) is 0 Å². The Hall–Kier alpha value is -1.27. The summed E-state index contributed by atoms with van der Waals surface area (Å²) in [5, 5.41) is 0.904. The molecule has 2 aromatic rings. The standard InChI is InChI=1S/C18H19Cl/c1-13-5-8-16(18(19)11-13)10-7-14-6-9-15-3-2-4-17(15)12-14/h5-6,8-9,11-12H,2-4,7,10H2,1H3. The van der Waals surface area contributed by atoms with Gasteiger partial charge >= 0.3 is 0 Å². The van der Waals surface area contributed by atoms with E-state index in [-0.39, 0.29) is 0 Å². The highest BCUT2D eigenvalue weighted by molar-refractivity contribution is 6.31. The molecule has 0 unspecified atom stereocenters. The van der Waals surface area contributed by atoms with Crippen LogP contribution in [0.2, 0.25) is 5.02 Å². The molecule has 0 radical (unpaired) electrons. The van der Waals surface area contributed by atoms with Crippen LogP contribution in [0.3, 0.4) is 0 Å². The van der Waals surface area contributed by atoms with E-state index < -0.39 is 0 Å². The molecule has 98 valence electrons. The topological polar surface area (TPSA) is 0 Å². The molecule has 19 heavy (non-hydrogen) atoms. The highest BCUT2D eigenvalue weighted by atomic mass is 35.5. The highest BCUT2D eigenvalue weighted by Gasteiger charge is 2.10. The van der Waals surface area contributed by atoms with E-state index in [0.29, 0.717) is 0 Å². The Bertz CT molecular complexity index is 599. The number of fused-ring (bicyclic) bond motifs is 1. The average Bonchev–Trinajstić information content (AvgIpc) is 2.85. The third-order valence-electron chi connectivity index (χ3n) is 4.05. The quantitative estimate of drug-likeness (QED) is 0.742. The Morgan fingerprint density at radius 2 is 1.79 bits per heavy atom. The molecule has 1 heteroatoms. The molecule has 0 saturated carbocycles. The van der Waals surface area contributed by atoms with Crippen LogP contribution in [0.25, 0.3) is 0 Å². The second kappa shape index (κ2) is 5.38. The third-order valence-corrected chi connectivity index (χ3v) is 4.41. The molecule has 3 rings (SSSR count). The smallest absolute Gasteiger partial charge is 0.0440 e. The van der Waals surface area contributed by atoms with Gasteiger partial charge in [-0.1, -0.05) is 41.9 Å². The van der Waals surface area contributed by atoms with Crippen molar-refractivity contribution in [1.82, 2.24) is 0 Å². The van der Waals surface area contributed by atoms with Crippen LogP contribution in [0.1, 0.15) is 34.2 Å². The predicted octanol–water partition coefficient (Wildman–Crippen LogP) is 4.92. The van der Waals surface area contributed by atoms with Gasteiger partial charge in [0.2, 0.25) is 0 Å². The lowest BCUT2D eigenvalue weighted by molar-refractivity contribution is 0.910. The Morgan fingerprint density at radius 3 is 2.63 bits per heavy atom. The third kappa shape index (κ3) is 2.84. The SMILES string of the molecule is Cc1ccc(CCc2ccc3c(c2)CCC3)c(Cl)c1. The number of benzene rings is 2. The minimum absolute atomic E-state index is 0.904. The normalized spacial score (nSPS) is 13.6. The van der Waals surface area contributed by atoms with E-state index in [2.05, 4.69) is 43.3 Å². The van der Waals surface area contributed by atoms with Crippen molar-refractivity contribution in [3.8, 4) is 0 Å². The summed E-state index contributed by atoms with van der Waals surface area (Å²) in [5.41, 5.74) is 7.04. The molecule has 0 nitrogen and oxygen atoms in total. The zero-order chi connectivity index (χ0) is 13.2. The first-order valence-electron chi connectivity index (χ1n) is 7.08. The van der Waals surface area contributed by atoms with Crippen molar-refractivity contribution in [3.05, 3.63) is 69.2 Å². The number of hydrogen-bond acceptors (Lipinski definition) is 0. The van der Waals surface area contributed by atoms with Crippen molar-refractivity contribution in [3.63, 3.8) is 0 Å².